The lowest BCUT2D eigenvalue weighted by Gasteiger charge is -2.43. The molecule has 0 saturated heterocycles. The van der Waals surface area contributed by atoms with E-state index in [0.29, 0.717) is 42.7 Å². The Hall–Kier alpha value is -3.94. The number of thiophene rings is 1. The summed E-state index contributed by atoms with van der Waals surface area (Å²) in [7, 11) is -0.434. The number of nitrogens with one attached hydrogen (secondary N) is 1. The third kappa shape index (κ3) is 8.26. The molecular formula is C37H42ClF2N3O6S2. The number of methoxy groups -OCH3 is 1. The minimum atomic E-state index is -3.44. The standard InChI is InChI=1S/C37H42ClF2N3O6S2/c1-37(2,3)34(41-36(45)46)22-9-14-26(15-10-22)43(35(44)33-31(38)30-27(39)16-17-28(40)32(30)50-33)20-24-19-23(11-18-29(24)49-5)21-7-12-25(13-8-21)42(4)51(6,47)48/h7-8,11-13,16-19,22,26,34,41H,9-10,14-15,20H2,1-6H3,(H,45,46). The summed E-state index contributed by atoms with van der Waals surface area (Å²) in [5.41, 5.74) is 2.45. The van der Waals surface area contributed by atoms with Crippen LogP contribution < -0.4 is 14.4 Å². The first-order valence-corrected chi connectivity index (χ1v) is 19.5. The zero-order chi connectivity index (χ0) is 37.4. The molecule has 274 valence electrons. The average Bonchev–Trinajstić information content (AvgIpc) is 3.44. The second kappa shape index (κ2) is 15.0. The van der Waals surface area contributed by atoms with Gasteiger partial charge in [0.25, 0.3) is 5.91 Å². The Bertz CT molecular complexity index is 2040. The first-order valence-electron chi connectivity index (χ1n) is 16.5. The molecule has 4 aromatic rings. The Morgan fingerprint density at radius 2 is 1.63 bits per heavy atom. The molecule has 14 heteroatoms. The summed E-state index contributed by atoms with van der Waals surface area (Å²) in [5.74, 6) is -1.31. The van der Waals surface area contributed by atoms with Crippen molar-refractivity contribution in [3.8, 4) is 16.9 Å². The highest BCUT2D eigenvalue weighted by molar-refractivity contribution is 7.92. The van der Waals surface area contributed by atoms with Crippen LogP contribution in [-0.4, -0.2) is 62.9 Å². The van der Waals surface area contributed by atoms with E-state index in [4.69, 9.17) is 16.3 Å². The molecule has 9 nitrogen and oxygen atoms in total. The van der Waals surface area contributed by atoms with Gasteiger partial charge >= 0.3 is 6.09 Å². The van der Waals surface area contributed by atoms with Crippen molar-refractivity contribution in [3.05, 3.63) is 81.7 Å². The molecule has 1 heterocycles. The molecule has 0 spiro atoms. The van der Waals surface area contributed by atoms with Crippen LogP contribution in [0.1, 0.15) is 61.7 Å². The van der Waals surface area contributed by atoms with E-state index < -0.39 is 33.7 Å². The fourth-order valence-electron chi connectivity index (χ4n) is 6.97. The number of sulfonamides is 1. The Balaban J connectivity index is 1.52. The van der Waals surface area contributed by atoms with E-state index >= 15 is 0 Å². The molecule has 1 fully saturated rings. The van der Waals surface area contributed by atoms with Crippen LogP contribution in [0.15, 0.2) is 54.6 Å². The van der Waals surface area contributed by atoms with E-state index in [-0.39, 0.29) is 49.9 Å². The largest absolute Gasteiger partial charge is 0.496 e. The summed E-state index contributed by atoms with van der Waals surface area (Å²) >= 11 is 7.45. The number of carbonyl (C=O) groups excluding carboxylic acids is 1. The van der Waals surface area contributed by atoms with Crippen molar-refractivity contribution in [2.45, 2.75) is 65.1 Å². The number of carboxylic acid groups (broad SMARTS) is 1. The first-order chi connectivity index (χ1) is 23.9. The molecule has 1 atom stereocenters. The molecule has 0 bridgehead atoms. The highest BCUT2D eigenvalue weighted by Gasteiger charge is 2.39. The summed E-state index contributed by atoms with van der Waals surface area (Å²) in [6.07, 6.45) is 2.46. The minimum Gasteiger partial charge on any atom is -0.496 e. The van der Waals surface area contributed by atoms with Gasteiger partial charge in [-0.15, -0.1) is 11.3 Å². The highest BCUT2D eigenvalue weighted by atomic mass is 35.5. The zero-order valence-corrected chi connectivity index (χ0v) is 31.7. The quantitative estimate of drug-likeness (QED) is 0.167. The van der Waals surface area contributed by atoms with Crippen LogP contribution in [-0.2, 0) is 16.6 Å². The number of hydrogen-bond donors (Lipinski definition) is 2. The van der Waals surface area contributed by atoms with Gasteiger partial charge in [0.15, 0.2) is 0 Å². The van der Waals surface area contributed by atoms with Crippen molar-refractivity contribution in [1.29, 1.82) is 0 Å². The van der Waals surface area contributed by atoms with Crippen molar-refractivity contribution in [2.24, 2.45) is 11.3 Å². The van der Waals surface area contributed by atoms with Crippen LogP contribution in [0.4, 0.5) is 19.3 Å². The minimum absolute atomic E-state index is 0.0265. The van der Waals surface area contributed by atoms with E-state index in [0.717, 1.165) is 40.9 Å². The van der Waals surface area contributed by atoms with E-state index in [1.54, 1.807) is 23.1 Å². The molecule has 1 aliphatic rings. The maximum absolute atomic E-state index is 14.9. The molecule has 1 unspecified atom stereocenters. The Morgan fingerprint density at radius 3 is 2.18 bits per heavy atom. The zero-order valence-electron chi connectivity index (χ0n) is 29.3. The van der Waals surface area contributed by atoms with E-state index in [2.05, 4.69) is 5.32 Å². The third-order valence-electron chi connectivity index (χ3n) is 9.69. The molecular weight excluding hydrogens is 720 g/mol. The van der Waals surface area contributed by atoms with Crippen LogP contribution in [0.5, 0.6) is 5.75 Å². The maximum atomic E-state index is 14.9. The van der Waals surface area contributed by atoms with Gasteiger partial charge in [-0.1, -0.05) is 50.6 Å². The van der Waals surface area contributed by atoms with Crippen LogP contribution in [0, 0.1) is 23.0 Å². The van der Waals surface area contributed by atoms with Crippen LogP contribution in [0.3, 0.4) is 0 Å². The number of anilines is 1. The highest BCUT2D eigenvalue weighted by Crippen LogP contribution is 2.42. The number of benzene rings is 3. The van der Waals surface area contributed by atoms with Crippen molar-refractivity contribution >= 4 is 60.7 Å². The number of hydrogen-bond acceptors (Lipinski definition) is 6. The van der Waals surface area contributed by atoms with Crippen LogP contribution in [0.25, 0.3) is 21.2 Å². The number of carbonyl (C=O) groups is 2. The second-order valence-corrected chi connectivity index (χ2v) is 17.5. The normalized spacial score (nSPS) is 17.2. The van der Waals surface area contributed by atoms with Gasteiger partial charge in [0.1, 0.15) is 22.3 Å². The monoisotopic (exact) mass is 761 g/mol. The van der Waals surface area contributed by atoms with Crippen LogP contribution in [0.2, 0.25) is 5.02 Å². The molecule has 1 aromatic heterocycles. The predicted octanol–water partition coefficient (Wildman–Crippen LogP) is 8.79. The van der Waals surface area contributed by atoms with E-state index in [1.807, 2.05) is 45.0 Å². The smallest absolute Gasteiger partial charge is 0.404 e. The lowest BCUT2D eigenvalue weighted by atomic mass is 9.72. The SMILES string of the molecule is COc1ccc(-c2ccc(N(C)S(C)(=O)=O)cc2)cc1CN(C(=O)c1sc2c(F)ccc(F)c2c1Cl)C1CCC(C(NC(=O)O)C(C)(C)C)CC1. The molecule has 0 radical (unpaired) electrons. The molecule has 5 rings (SSSR count). The van der Waals surface area contributed by atoms with Gasteiger partial charge in [-0.2, -0.15) is 0 Å². The lowest BCUT2D eigenvalue weighted by molar-refractivity contribution is 0.0543. The van der Waals surface area contributed by atoms with Crippen molar-refractivity contribution in [2.75, 3.05) is 24.7 Å². The maximum Gasteiger partial charge on any atom is 0.404 e. The van der Waals surface area contributed by atoms with Crippen molar-refractivity contribution in [3.63, 3.8) is 0 Å². The van der Waals surface area contributed by atoms with Gasteiger partial charge in [0, 0.05) is 31.2 Å². The number of amides is 2. The van der Waals surface area contributed by atoms with Gasteiger partial charge in [-0.05, 0) is 84.5 Å². The van der Waals surface area contributed by atoms with Gasteiger partial charge in [0.05, 0.1) is 34.2 Å². The van der Waals surface area contributed by atoms with Gasteiger partial charge in [-0.3, -0.25) is 9.10 Å². The van der Waals surface area contributed by atoms with E-state index in [9.17, 15) is 31.9 Å². The molecule has 2 N–H and O–H groups in total. The summed E-state index contributed by atoms with van der Waals surface area (Å²) in [5, 5.41) is 12.0. The number of halogens is 3. The molecule has 1 aliphatic carbocycles. The average molecular weight is 762 g/mol. The molecule has 3 aromatic carbocycles. The fourth-order valence-corrected chi connectivity index (χ4v) is 8.98. The molecule has 0 aliphatic heterocycles. The van der Waals surface area contributed by atoms with Crippen molar-refractivity contribution in [1.82, 2.24) is 10.2 Å². The molecule has 51 heavy (non-hydrogen) atoms. The fraction of sp³-hybridized carbons (Fsp3) is 0.405. The first kappa shape index (κ1) is 38.3. The number of nitrogens with zero attached hydrogens (tertiary/aromatic N) is 2. The topological polar surface area (TPSA) is 116 Å². The Kier molecular flexibility index (Phi) is 11.2. The number of ether oxygens (including phenoxy) is 1. The van der Waals surface area contributed by atoms with E-state index in [1.165, 1.54) is 18.5 Å². The van der Waals surface area contributed by atoms with Gasteiger partial charge in [0.2, 0.25) is 10.0 Å². The molecule has 1 saturated carbocycles. The Morgan fingerprint density at radius 1 is 1.02 bits per heavy atom. The third-order valence-corrected chi connectivity index (χ3v) is 12.6. The van der Waals surface area contributed by atoms with Crippen LogP contribution >= 0.6 is 22.9 Å². The predicted molar refractivity (Wildman–Crippen MR) is 198 cm³/mol. The summed E-state index contributed by atoms with van der Waals surface area (Å²) in [6.45, 7) is 6.07. The lowest BCUT2D eigenvalue weighted by Crippen LogP contribution is -2.50. The van der Waals surface area contributed by atoms with Gasteiger partial charge < -0.3 is 20.1 Å². The van der Waals surface area contributed by atoms with Crippen molar-refractivity contribution < 1.29 is 36.6 Å². The number of fused-ring (bicyclic) bond motifs is 1. The summed E-state index contributed by atoms with van der Waals surface area (Å²) in [4.78, 5) is 27.9. The summed E-state index contributed by atoms with van der Waals surface area (Å²) < 4.78 is 60.7. The van der Waals surface area contributed by atoms with Gasteiger partial charge in [-0.25, -0.2) is 22.0 Å². The second-order valence-electron chi connectivity index (χ2n) is 14.1. The molecule has 2 amide bonds. The number of rotatable bonds is 10. The summed E-state index contributed by atoms with van der Waals surface area (Å²) in [6, 6.07) is 14.0. The Labute approximate surface area is 306 Å².